The second-order valence-electron chi connectivity index (χ2n) is 6.36. The molecule has 0 aliphatic rings. The summed E-state index contributed by atoms with van der Waals surface area (Å²) in [6, 6.07) is 17.3. The molecule has 3 aromatic rings. The summed E-state index contributed by atoms with van der Waals surface area (Å²) < 4.78 is 18.6. The van der Waals surface area contributed by atoms with Gasteiger partial charge in [0, 0.05) is 5.69 Å². The van der Waals surface area contributed by atoms with Crippen LogP contribution in [0.3, 0.4) is 0 Å². The summed E-state index contributed by atoms with van der Waals surface area (Å²) in [5.41, 5.74) is 1.61. The van der Waals surface area contributed by atoms with Crippen molar-refractivity contribution in [3.63, 3.8) is 0 Å². The smallest absolute Gasteiger partial charge is 0.266 e. The van der Waals surface area contributed by atoms with Crippen LogP contribution in [0.15, 0.2) is 66.2 Å². The van der Waals surface area contributed by atoms with Crippen molar-refractivity contribution in [3.8, 4) is 11.8 Å². The summed E-state index contributed by atoms with van der Waals surface area (Å²) in [4.78, 5) is 12.4. The van der Waals surface area contributed by atoms with Crippen molar-refractivity contribution in [3.05, 3.63) is 98.2 Å². The Bertz CT molecular complexity index is 1190. The number of anilines is 1. The Balaban J connectivity index is 1.70. The van der Waals surface area contributed by atoms with Gasteiger partial charge >= 0.3 is 0 Å². The van der Waals surface area contributed by atoms with Crippen molar-refractivity contribution >= 4 is 52.5 Å². The predicted octanol–water partition coefficient (Wildman–Crippen LogP) is 6.91. The van der Waals surface area contributed by atoms with Crippen LogP contribution in [0.25, 0.3) is 6.08 Å². The van der Waals surface area contributed by atoms with Gasteiger partial charge in [-0.3, -0.25) is 4.79 Å². The van der Waals surface area contributed by atoms with Crippen LogP contribution >= 0.6 is 34.8 Å². The number of carbonyl (C=O) groups excluding carboxylic acids is 1. The monoisotopic (exact) mass is 474 g/mol. The zero-order chi connectivity index (χ0) is 22.4. The zero-order valence-corrected chi connectivity index (χ0v) is 18.1. The first kappa shape index (κ1) is 22.6. The third kappa shape index (κ3) is 6.22. The molecule has 0 saturated heterocycles. The Hall–Kier alpha value is -3.04. The topological polar surface area (TPSA) is 62.1 Å². The van der Waals surface area contributed by atoms with Gasteiger partial charge in [-0.2, -0.15) is 5.26 Å². The van der Waals surface area contributed by atoms with Crippen LogP contribution in [0.4, 0.5) is 10.1 Å². The van der Waals surface area contributed by atoms with Gasteiger partial charge in [-0.15, -0.1) is 0 Å². The standard InChI is InChI=1S/C23H14Cl3FN2O2/c24-19-7-6-18(11-20(19)25)29-23(30)16(12-28)9-15-3-8-22(21(26)10-15)31-13-14-1-4-17(27)5-2-14/h1-11H,13H2,(H,29,30)/b16-9+. The van der Waals surface area contributed by atoms with Gasteiger partial charge in [0.1, 0.15) is 29.8 Å². The van der Waals surface area contributed by atoms with Crippen molar-refractivity contribution in [1.82, 2.24) is 0 Å². The van der Waals surface area contributed by atoms with E-state index in [1.165, 1.54) is 24.3 Å². The van der Waals surface area contributed by atoms with Crippen LogP contribution in [0.5, 0.6) is 5.75 Å². The maximum atomic E-state index is 13.0. The van der Waals surface area contributed by atoms with E-state index in [0.717, 1.165) is 5.56 Å². The summed E-state index contributed by atoms with van der Waals surface area (Å²) >= 11 is 18.1. The van der Waals surface area contributed by atoms with Gasteiger partial charge in [0.2, 0.25) is 0 Å². The highest BCUT2D eigenvalue weighted by Gasteiger charge is 2.11. The van der Waals surface area contributed by atoms with Crippen molar-refractivity contribution in [2.24, 2.45) is 0 Å². The van der Waals surface area contributed by atoms with Gasteiger partial charge in [-0.25, -0.2) is 4.39 Å². The number of ether oxygens (including phenoxy) is 1. The predicted molar refractivity (Wildman–Crippen MR) is 121 cm³/mol. The Kier molecular flexibility index (Phi) is 7.54. The highest BCUT2D eigenvalue weighted by atomic mass is 35.5. The Morgan fingerprint density at radius 1 is 1.00 bits per heavy atom. The lowest BCUT2D eigenvalue weighted by molar-refractivity contribution is -0.112. The number of halogens is 4. The van der Waals surface area contributed by atoms with Crippen LogP contribution in [0, 0.1) is 17.1 Å². The van der Waals surface area contributed by atoms with E-state index in [2.05, 4.69) is 5.32 Å². The summed E-state index contributed by atoms with van der Waals surface area (Å²) in [5.74, 6) is -0.509. The number of amides is 1. The molecule has 3 rings (SSSR count). The van der Waals surface area contributed by atoms with Crippen LogP contribution in [-0.2, 0) is 11.4 Å². The number of benzene rings is 3. The highest BCUT2D eigenvalue weighted by molar-refractivity contribution is 6.42. The van der Waals surface area contributed by atoms with E-state index < -0.39 is 5.91 Å². The fourth-order valence-corrected chi connectivity index (χ4v) is 3.09. The Labute approximate surface area is 193 Å². The number of rotatable bonds is 6. The van der Waals surface area contributed by atoms with Gasteiger partial charge in [0.05, 0.1) is 15.1 Å². The van der Waals surface area contributed by atoms with E-state index in [4.69, 9.17) is 39.5 Å². The first-order valence-corrected chi connectivity index (χ1v) is 10.0. The molecule has 0 saturated carbocycles. The minimum absolute atomic E-state index is 0.123. The van der Waals surface area contributed by atoms with Crippen LogP contribution < -0.4 is 10.1 Å². The average molecular weight is 476 g/mol. The molecule has 156 valence electrons. The van der Waals surface area contributed by atoms with E-state index in [9.17, 15) is 14.4 Å². The normalized spacial score (nSPS) is 11.0. The molecule has 0 aromatic heterocycles. The van der Waals surface area contributed by atoms with E-state index in [-0.39, 0.29) is 23.0 Å². The second-order valence-corrected chi connectivity index (χ2v) is 7.58. The maximum Gasteiger partial charge on any atom is 0.266 e. The van der Waals surface area contributed by atoms with E-state index in [1.807, 2.05) is 6.07 Å². The van der Waals surface area contributed by atoms with Crippen LogP contribution in [0.2, 0.25) is 15.1 Å². The van der Waals surface area contributed by atoms with E-state index in [0.29, 0.717) is 27.0 Å². The lowest BCUT2D eigenvalue weighted by Gasteiger charge is -2.09. The number of nitrogens with zero attached hydrogens (tertiary/aromatic N) is 1. The van der Waals surface area contributed by atoms with Crippen molar-refractivity contribution < 1.29 is 13.9 Å². The third-order valence-electron chi connectivity index (χ3n) is 4.12. The number of hydrogen-bond acceptors (Lipinski definition) is 3. The molecule has 0 spiro atoms. The molecule has 3 aromatic carbocycles. The first-order chi connectivity index (χ1) is 14.9. The van der Waals surface area contributed by atoms with E-state index in [1.54, 1.807) is 42.5 Å². The molecular formula is C23H14Cl3FN2O2. The van der Waals surface area contributed by atoms with Crippen molar-refractivity contribution in [2.45, 2.75) is 6.61 Å². The number of nitrogens with one attached hydrogen (secondary N) is 1. The fraction of sp³-hybridized carbons (Fsp3) is 0.0435. The maximum absolute atomic E-state index is 13.0. The SMILES string of the molecule is N#C/C(=C\c1ccc(OCc2ccc(F)cc2)c(Cl)c1)C(=O)Nc1ccc(Cl)c(Cl)c1. The second kappa shape index (κ2) is 10.3. The van der Waals surface area contributed by atoms with Crippen molar-refractivity contribution in [2.75, 3.05) is 5.32 Å². The van der Waals surface area contributed by atoms with Crippen LogP contribution in [-0.4, -0.2) is 5.91 Å². The fourth-order valence-electron chi connectivity index (χ4n) is 2.55. The molecule has 4 nitrogen and oxygen atoms in total. The summed E-state index contributed by atoms with van der Waals surface area (Å²) in [6.07, 6.45) is 1.41. The number of carbonyl (C=O) groups is 1. The molecule has 0 aliphatic carbocycles. The molecular weight excluding hydrogens is 462 g/mol. The lowest BCUT2D eigenvalue weighted by atomic mass is 10.1. The van der Waals surface area contributed by atoms with Gasteiger partial charge in [0.25, 0.3) is 5.91 Å². The molecule has 0 atom stereocenters. The first-order valence-electron chi connectivity index (χ1n) is 8.90. The molecule has 8 heteroatoms. The van der Waals surface area contributed by atoms with Gasteiger partial charge < -0.3 is 10.1 Å². The molecule has 0 aliphatic heterocycles. The average Bonchev–Trinajstić information content (AvgIpc) is 2.75. The highest BCUT2D eigenvalue weighted by Crippen LogP contribution is 2.28. The molecule has 0 heterocycles. The lowest BCUT2D eigenvalue weighted by Crippen LogP contribution is -2.13. The minimum atomic E-state index is -0.603. The number of hydrogen-bond donors (Lipinski definition) is 1. The van der Waals surface area contributed by atoms with Gasteiger partial charge in [-0.1, -0.05) is 53.0 Å². The van der Waals surface area contributed by atoms with Gasteiger partial charge in [0.15, 0.2) is 0 Å². The molecule has 0 unspecified atom stereocenters. The third-order valence-corrected chi connectivity index (χ3v) is 5.15. The number of nitriles is 1. The van der Waals surface area contributed by atoms with Gasteiger partial charge in [-0.05, 0) is 59.7 Å². The summed E-state index contributed by atoms with van der Waals surface area (Å²) in [6.45, 7) is 0.213. The molecule has 31 heavy (non-hydrogen) atoms. The molecule has 0 fully saturated rings. The summed E-state index contributed by atoms with van der Waals surface area (Å²) in [7, 11) is 0. The zero-order valence-electron chi connectivity index (χ0n) is 15.8. The quantitative estimate of drug-likeness (QED) is 0.311. The molecule has 1 N–H and O–H groups in total. The van der Waals surface area contributed by atoms with E-state index >= 15 is 0 Å². The Morgan fingerprint density at radius 2 is 1.74 bits per heavy atom. The minimum Gasteiger partial charge on any atom is -0.487 e. The molecule has 0 radical (unpaired) electrons. The summed E-state index contributed by atoms with van der Waals surface area (Å²) in [5, 5.41) is 12.9. The molecule has 1 amide bonds. The Morgan fingerprint density at radius 3 is 2.39 bits per heavy atom. The molecule has 0 bridgehead atoms. The van der Waals surface area contributed by atoms with Crippen LogP contribution in [0.1, 0.15) is 11.1 Å². The van der Waals surface area contributed by atoms with Crippen molar-refractivity contribution in [1.29, 1.82) is 5.26 Å². The largest absolute Gasteiger partial charge is 0.487 e.